The predicted octanol–water partition coefficient (Wildman–Crippen LogP) is 4.57. The minimum atomic E-state index is -0.213. The normalized spacial score (nSPS) is 10.2. The molecular weight excluding hydrogens is 445 g/mol. The molecule has 0 fully saturated rings. The van der Waals surface area contributed by atoms with Crippen molar-refractivity contribution >= 4 is 57.2 Å². The fourth-order valence-electron chi connectivity index (χ4n) is 2.42. The molecule has 0 aliphatic heterocycles. The van der Waals surface area contributed by atoms with Gasteiger partial charge in [-0.25, -0.2) is 0 Å². The smallest absolute Gasteiger partial charge is 0.257 e. The number of carbonyl (C=O) groups excluding carboxylic acids is 1. The van der Waals surface area contributed by atoms with Crippen LogP contribution in [-0.4, -0.2) is 24.1 Å². The summed E-state index contributed by atoms with van der Waals surface area (Å²) in [5.41, 5.74) is 3.75. The molecule has 4 nitrogen and oxygen atoms in total. The van der Waals surface area contributed by atoms with Gasteiger partial charge in [-0.3, -0.25) is 10.1 Å². The Balaban J connectivity index is 1.97. The zero-order valence-electron chi connectivity index (χ0n) is 14.6. The van der Waals surface area contributed by atoms with Crippen molar-refractivity contribution < 1.29 is 4.79 Å². The van der Waals surface area contributed by atoms with Gasteiger partial charge in [0.15, 0.2) is 5.11 Å². The Labute approximate surface area is 168 Å². The van der Waals surface area contributed by atoms with Crippen molar-refractivity contribution in [3.8, 4) is 0 Å². The van der Waals surface area contributed by atoms with Crippen LogP contribution in [0.4, 0.5) is 11.4 Å². The molecule has 132 valence electrons. The number of hydrogen-bond donors (Lipinski definition) is 2. The molecule has 2 aromatic carbocycles. The highest BCUT2D eigenvalue weighted by atomic mass is 127. The molecule has 0 atom stereocenters. The molecule has 0 radical (unpaired) electrons. The van der Waals surface area contributed by atoms with E-state index in [9.17, 15) is 4.79 Å². The van der Waals surface area contributed by atoms with Crippen LogP contribution in [0.5, 0.6) is 0 Å². The summed E-state index contributed by atoms with van der Waals surface area (Å²) in [6, 6.07) is 13.6. The van der Waals surface area contributed by atoms with E-state index in [0.29, 0.717) is 5.56 Å². The van der Waals surface area contributed by atoms with E-state index in [-0.39, 0.29) is 11.0 Å². The Morgan fingerprint density at radius 2 is 1.76 bits per heavy atom. The maximum Gasteiger partial charge on any atom is 0.257 e. The van der Waals surface area contributed by atoms with Gasteiger partial charge in [-0.05, 0) is 97.5 Å². The van der Waals surface area contributed by atoms with E-state index >= 15 is 0 Å². The lowest BCUT2D eigenvalue weighted by Crippen LogP contribution is -2.34. The molecule has 6 heteroatoms. The van der Waals surface area contributed by atoms with E-state index in [1.54, 1.807) is 6.07 Å². The third-order valence-corrected chi connectivity index (χ3v) is 5.28. The van der Waals surface area contributed by atoms with Crippen LogP contribution in [0.3, 0.4) is 0 Å². The van der Waals surface area contributed by atoms with Gasteiger partial charge in [-0.15, -0.1) is 0 Å². The maximum atomic E-state index is 12.3. The van der Waals surface area contributed by atoms with E-state index in [1.165, 1.54) is 5.69 Å². The Bertz CT molecular complexity index is 758. The third kappa shape index (κ3) is 5.40. The fourth-order valence-corrected chi connectivity index (χ4v) is 3.14. The van der Waals surface area contributed by atoms with Crippen molar-refractivity contribution in [1.82, 2.24) is 5.32 Å². The molecule has 1 amide bonds. The molecule has 2 aromatic rings. The number of nitrogens with zero attached hydrogens (tertiary/aromatic N) is 1. The summed E-state index contributed by atoms with van der Waals surface area (Å²) in [7, 11) is 0. The topological polar surface area (TPSA) is 44.4 Å². The highest BCUT2D eigenvalue weighted by molar-refractivity contribution is 14.1. The molecule has 0 aliphatic rings. The fraction of sp³-hybridized carbons (Fsp3) is 0.263. The lowest BCUT2D eigenvalue weighted by atomic mass is 10.1. The molecule has 2 rings (SSSR count). The third-order valence-electron chi connectivity index (χ3n) is 3.91. The van der Waals surface area contributed by atoms with Gasteiger partial charge in [-0.1, -0.05) is 6.07 Å². The Morgan fingerprint density at radius 3 is 2.32 bits per heavy atom. The van der Waals surface area contributed by atoms with Crippen LogP contribution in [0.1, 0.15) is 29.8 Å². The molecular formula is C19H22IN3OS. The molecule has 25 heavy (non-hydrogen) atoms. The van der Waals surface area contributed by atoms with E-state index in [2.05, 4.69) is 52.0 Å². The second-order valence-corrected chi connectivity index (χ2v) is 7.16. The summed E-state index contributed by atoms with van der Waals surface area (Å²) in [6.45, 7) is 8.21. The average Bonchev–Trinajstić information content (AvgIpc) is 2.59. The summed E-state index contributed by atoms with van der Waals surface area (Å²) < 4.78 is 1.05. The Kier molecular flexibility index (Phi) is 7.19. The number of anilines is 2. The van der Waals surface area contributed by atoms with Crippen LogP contribution in [-0.2, 0) is 0 Å². The van der Waals surface area contributed by atoms with Crippen molar-refractivity contribution in [3.63, 3.8) is 0 Å². The number of halogens is 1. The van der Waals surface area contributed by atoms with Crippen molar-refractivity contribution in [2.24, 2.45) is 0 Å². The quantitative estimate of drug-likeness (QED) is 0.500. The first-order valence-electron chi connectivity index (χ1n) is 8.18. The minimum Gasteiger partial charge on any atom is -0.372 e. The van der Waals surface area contributed by atoms with Crippen LogP contribution in [0, 0.1) is 10.5 Å². The molecule has 0 heterocycles. The summed E-state index contributed by atoms with van der Waals surface area (Å²) in [5, 5.41) is 6.06. The van der Waals surface area contributed by atoms with E-state index in [4.69, 9.17) is 12.2 Å². The molecule has 2 N–H and O–H groups in total. The number of thiocarbonyl (C=S) groups is 1. The lowest BCUT2D eigenvalue weighted by molar-refractivity contribution is 0.0977. The number of hydrogen-bond acceptors (Lipinski definition) is 3. The molecule has 0 spiro atoms. The molecule has 0 saturated carbocycles. The van der Waals surface area contributed by atoms with Crippen LogP contribution in [0.25, 0.3) is 0 Å². The number of aryl methyl sites for hydroxylation is 1. The van der Waals surface area contributed by atoms with Gasteiger partial charge in [0.2, 0.25) is 0 Å². The second kappa shape index (κ2) is 9.15. The number of nitrogens with one attached hydrogen (secondary N) is 2. The van der Waals surface area contributed by atoms with Crippen molar-refractivity contribution in [2.45, 2.75) is 20.8 Å². The summed E-state index contributed by atoms with van der Waals surface area (Å²) in [6.07, 6.45) is 0. The first-order chi connectivity index (χ1) is 11.9. The van der Waals surface area contributed by atoms with Gasteiger partial charge < -0.3 is 10.2 Å². The van der Waals surface area contributed by atoms with Gasteiger partial charge >= 0.3 is 0 Å². The van der Waals surface area contributed by atoms with Crippen LogP contribution in [0.15, 0.2) is 42.5 Å². The highest BCUT2D eigenvalue weighted by Crippen LogP contribution is 2.18. The van der Waals surface area contributed by atoms with Crippen LogP contribution < -0.4 is 15.5 Å². The van der Waals surface area contributed by atoms with Gasteiger partial charge in [0.05, 0.1) is 0 Å². The minimum absolute atomic E-state index is 0.213. The Hall–Kier alpha value is -1.67. The molecule has 0 aliphatic carbocycles. The number of rotatable bonds is 5. The van der Waals surface area contributed by atoms with Gasteiger partial charge in [0, 0.05) is 33.6 Å². The summed E-state index contributed by atoms with van der Waals surface area (Å²) in [4.78, 5) is 14.5. The largest absolute Gasteiger partial charge is 0.372 e. The van der Waals surface area contributed by atoms with E-state index in [0.717, 1.165) is 27.9 Å². The monoisotopic (exact) mass is 467 g/mol. The van der Waals surface area contributed by atoms with Crippen LogP contribution >= 0.6 is 34.8 Å². The average molecular weight is 467 g/mol. The SMILES string of the molecule is CCN(CC)c1ccc(NC(=S)NC(=O)c2ccc(C)c(I)c2)cc1. The highest BCUT2D eigenvalue weighted by Gasteiger charge is 2.09. The van der Waals surface area contributed by atoms with E-state index in [1.807, 2.05) is 43.3 Å². The zero-order chi connectivity index (χ0) is 18.4. The van der Waals surface area contributed by atoms with Crippen LogP contribution in [0.2, 0.25) is 0 Å². The molecule has 0 saturated heterocycles. The maximum absolute atomic E-state index is 12.3. The van der Waals surface area contributed by atoms with Gasteiger partial charge in [0.1, 0.15) is 0 Å². The zero-order valence-corrected chi connectivity index (χ0v) is 17.6. The van der Waals surface area contributed by atoms with Gasteiger partial charge in [-0.2, -0.15) is 0 Å². The molecule has 0 unspecified atom stereocenters. The van der Waals surface area contributed by atoms with Crippen molar-refractivity contribution in [1.29, 1.82) is 0 Å². The predicted molar refractivity (Wildman–Crippen MR) is 118 cm³/mol. The summed E-state index contributed by atoms with van der Waals surface area (Å²) >= 11 is 7.46. The first kappa shape index (κ1) is 19.7. The Morgan fingerprint density at radius 1 is 1.12 bits per heavy atom. The molecule has 0 bridgehead atoms. The second-order valence-electron chi connectivity index (χ2n) is 5.59. The lowest BCUT2D eigenvalue weighted by Gasteiger charge is -2.21. The van der Waals surface area contributed by atoms with Gasteiger partial charge in [0.25, 0.3) is 5.91 Å². The summed E-state index contributed by atoms with van der Waals surface area (Å²) in [5.74, 6) is -0.213. The standard InChI is InChI=1S/C19H22IN3OS/c1-4-23(5-2)16-10-8-15(9-11-16)21-19(25)22-18(24)14-7-6-13(3)17(20)12-14/h6-12H,4-5H2,1-3H3,(H2,21,22,24,25). The van der Waals surface area contributed by atoms with E-state index < -0.39 is 0 Å². The molecule has 0 aromatic heterocycles. The number of amides is 1. The van der Waals surface area contributed by atoms with Crippen molar-refractivity contribution in [3.05, 3.63) is 57.2 Å². The first-order valence-corrected chi connectivity index (χ1v) is 9.66. The number of carbonyl (C=O) groups is 1. The van der Waals surface area contributed by atoms with Crippen molar-refractivity contribution in [2.75, 3.05) is 23.3 Å². The number of benzene rings is 2.